The fourth-order valence-electron chi connectivity index (χ4n) is 0.104. The van der Waals surface area contributed by atoms with Crippen molar-refractivity contribution < 1.29 is 8.42 Å². The molecular formula is C2HCl5O2S. The van der Waals surface area contributed by atoms with Crippen LogP contribution in [0, 0.1) is 0 Å². The summed E-state index contributed by atoms with van der Waals surface area (Å²) in [6.45, 7) is 0. The lowest BCUT2D eigenvalue weighted by Crippen LogP contribution is -2.32. The lowest BCUT2D eigenvalue weighted by molar-refractivity contribution is 0.608. The first kappa shape index (κ1) is 11.4. The van der Waals surface area contributed by atoms with Crippen LogP contribution in [0.1, 0.15) is 0 Å². The Morgan fingerprint density at radius 1 is 0.900 bits per heavy atom. The van der Waals surface area contributed by atoms with Crippen LogP contribution in [0.3, 0.4) is 0 Å². The van der Waals surface area contributed by atoms with Crippen molar-refractivity contribution in [2.75, 3.05) is 0 Å². The standard InChI is InChI=1S/C2HCl5O2S/c3-1(4,5)2(6,7)10(8)9/h10H. The molecule has 0 aliphatic carbocycles. The van der Waals surface area contributed by atoms with Crippen molar-refractivity contribution in [3.05, 3.63) is 0 Å². The minimum absolute atomic E-state index is 2.23. The summed E-state index contributed by atoms with van der Waals surface area (Å²) in [5.74, 6) is 0. The number of hydrogen-bond donors (Lipinski definition) is 1. The van der Waals surface area contributed by atoms with Crippen LogP contribution in [-0.4, -0.2) is 15.9 Å². The van der Waals surface area contributed by atoms with E-state index in [9.17, 15) is 8.42 Å². The third-order valence-corrected chi connectivity index (χ3v) is 4.59. The van der Waals surface area contributed by atoms with Gasteiger partial charge in [0.05, 0.1) is 0 Å². The number of alkyl halides is 5. The molecule has 0 aliphatic heterocycles. The lowest BCUT2D eigenvalue weighted by atomic mass is 10.9. The maximum absolute atomic E-state index is 10.2. The van der Waals surface area contributed by atoms with E-state index in [2.05, 4.69) is 0 Å². The van der Waals surface area contributed by atoms with E-state index in [4.69, 9.17) is 58.0 Å². The van der Waals surface area contributed by atoms with Crippen molar-refractivity contribution in [3.8, 4) is 0 Å². The first-order valence-corrected chi connectivity index (χ1v) is 4.85. The molecule has 0 aromatic rings. The van der Waals surface area contributed by atoms with Gasteiger partial charge >= 0.3 is 0 Å². The zero-order valence-electron chi connectivity index (χ0n) is 4.15. The second-order valence-corrected chi connectivity index (χ2v) is 6.62. The molecule has 10 heavy (non-hydrogen) atoms. The number of rotatable bonds is 1. The van der Waals surface area contributed by atoms with Crippen LogP contribution in [-0.2, 0) is 10.7 Å². The largest absolute Gasteiger partial charge is 0.261 e. The number of halogens is 5. The van der Waals surface area contributed by atoms with E-state index >= 15 is 0 Å². The molecule has 2 nitrogen and oxygen atoms in total. The summed E-state index contributed by atoms with van der Waals surface area (Å²) in [7, 11) is -3.20. The average molecular weight is 266 g/mol. The van der Waals surface area contributed by atoms with Gasteiger partial charge in [0.1, 0.15) is 0 Å². The highest BCUT2D eigenvalue weighted by molar-refractivity contribution is 7.78. The van der Waals surface area contributed by atoms with Gasteiger partial charge in [-0.05, 0) is 0 Å². The van der Waals surface area contributed by atoms with Gasteiger partial charge in [-0.3, -0.25) is 0 Å². The zero-order valence-corrected chi connectivity index (χ0v) is 8.83. The topological polar surface area (TPSA) is 34.1 Å². The van der Waals surface area contributed by atoms with Crippen LogP contribution >= 0.6 is 58.0 Å². The Bertz CT molecular complexity index is 182. The summed E-state index contributed by atoms with van der Waals surface area (Å²) in [4.78, 5) is 0. The molecule has 0 atom stereocenters. The normalized spacial score (nSPS) is 14.2. The maximum Gasteiger partial charge on any atom is 0.261 e. The highest BCUT2D eigenvalue weighted by atomic mass is 35.6. The van der Waals surface area contributed by atoms with Gasteiger partial charge in [0, 0.05) is 0 Å². The summed E-state index contributed by atoms with van der Waals surface area (Å²) in [6.07, 6.45) is 0. The van der Waals surface area contributed by atoms with Crippen LogP contribution in [0.5, 0.6) is 0 Å². The molecule has 0 N–H and O–H groups in total. The van der Waals surface area contributed by atoms with E-state index in [1.807, 2.05) is 0 Å². The molecular weight excluding hydrogens is 265 g/mol. The van der Waals surface area contributed by atoms with E-state index in [0.29, 0.717) is 0 Å². The van der Waals surface area contributed by atoms with E-state index < -0.39 is 18.2 Å². The Hall–Kier alpha value is 1.40. The van der Waals surface area contributed by atoms with Gasteiger partial charge in [-0.15, -0.1) is 0 Å². The van der Waals surface area contributed by atoms with Gasteiger partial charge in [0.25, 0.3) is 3.67 Å². The van der Waals surface area contributed by atoms with E-state index in [-0.39, 0.29) is 0 Å². The van der Waals surface area contributed by atoms with Crippen molar-refractivity contribution in [1.29, 1.82) is 0 Å². The number of hydrogen-bond acceptors (Lipinski definition) is 2. The Morgan fingerprint density at radius 2 is 1.20 bits per heavy atom. The van der Waals surface area contributed by atoms with E-state index in [1.54, 1.807) is 0 Å². The van der Waals surface area contributed by atoms with Crippen LogP contribution in [0.2, 0.25) is 0 Å². The minimum atomic E-state index is -3.20. The second kappa shape index (κ2) is 3.42. The van der Waals surface area contributed by atoms with Crippen LogP contribution in [0.25, 0.3) is 0 Å². The Kier molecular flexibility index (Phi) is 3.89. The van der Waals surface area contributed by atoms with Gasteiger partial charge in [-0.1, -0.05) is 58.0 Å². The summed E-state index contributed by atoms with van der Waals surface area (Å²) in [5.41, 5.74) is 0. The molecule has 0 aromatic heterocycles. The Balaban J connectivity index is 4.75. The van der Waals surface area contributed by atoms with Crippen LogP contribution < -0.4 is 0 Å². The predicted molar refractivity (Wildman–Crippen MR) is 45.0 cm³/mol. The fourth-order valence-corrected chi connectivity index (χ4v) is 0.932. The molecule has 0 fully saturated rings. The molecule has 0 spiro atoms. The molecule has 0 amide bonds. The molecule has 0 rings (SSSR count). The van der Waals surface area contributed by atoms with Crippen molar-refractivity contribution in [1.82, 2.24) is 0 Å². The van der Waals surface area contributed by atoms with Gasteiger partial charge in [0.2, 0.25) is 3.79 Å². The Labute approximate surface area is 84.3 Å². The summed E-state index contributed by atoms with van der Waals surface area (Å²) >= 11 is 25.6. The van der Waals surface area contributed by atoms with Crippen molar-refractivity contribution in [3.63, 3.8) is 0 Å². The van der Waals surface area contributed by atoms with E-state index in [1.165, 1.54) is 0 Å². The molecule has 62 valence electrons. The zero-order chi connectivity index (χ0) is 8.58. The van der Waals surface area contributed by atoms with Crippen LogP contribution in [0.15, 0.2) is 0 Å². The first-order valence-electron chi connectivity index (χ1n) is 1.78. The third-order valence-electron chi connectivity index (χ3n) is 0.570. The predicted octanol–water partition coefficient (Wildman–Crippen LogP) is 2.10. The lowest BCUT2D eigenvalue weighted by Gasteiger charge is -2.20. The summed E-state index contributed by atoms with van der Waals surface area (Å²) in [5, 5.41) is 0. The monoisotopic (exact) mass is 264 g/mol. The molecule has 0 heterocycles. The molecule has 0 saturated carbocycles. The highest BCUT2D eigenvalue weighted by Crippen LogP contribution is 2.46. The minimum Gasteiger partial charge on any atom is -0.229 e. The third kappa shape index (κ3) is 2.47. The van der Waals surface area contributed by atoms with Gasteiger partial charge < -0.3 is 0 Å². The molecule has 8 heteroatoms. The van der Waals surface area contributed by atoms with Crippen molar-refractivity contribution in [2.24, 2.45) is 0 Å². The van der Waals surface area contributed by atoms with Crippen molar-refractivity contribution >= 4 is 68.7 Å². The summed E-state index contributed by atoms with van der Waals surface area (Å²) in [6, 6.07) is 0. The molecule has 0 aromatic carbocycles. The SMILES string of the molecule is O=[SH](=O)C(Cl)(Cl)C(Cl)(Cl)Cl. The van der Waals surface area contributed by atoms with Gasteiger partial charge in [-0.2, -0.15) is 0 Å². The molecule has 0 aliphatic rings. The van der Waals surface area contributed by atoms with Gasteiger partial charge in [-0.25, -0.2) is 8.42 Å². The quantitative estimate of drug-likeness (QED) is 0.582. The fraction of sp³-hybridized carbons (Fsp3) is 1.00. The van der Waals surface area contributed by atoms with Crippen LogP contribution in [0.4, 0.5) is 0 Å². The van der Waals surface area contributed by atoms with Gasteiger partial charge in [0.15, 0.2) is 10.7 Å². The maximum atomic E-state index is 10.2. The molecule has 0 bridgehead atoms. The average Bonchev–Trinajstić information content (AvgIpc) is 1.62. The highest BCUT2D eigenvalue weighted by Gasteiger charge is 2.49. The molecule has 0 saturated heterocycles. The smallest absolute Gasteiger partial charge is 0.229 e. The summed E-state index contributed by atoms with van der Waals surface area (Å²) < 4.78 is 15.8. The first-order chi connectivity index (χ1) is 4.19. The molecule has 0 radical (unpaired) electrons. The molecule has 0 unspecified atom stereocenters. The Morgan fingerprint density at radius 3 is 1.20 bits per heavy atom. The number of thiol groups is 1. The second-order valence-electron chi connectivity index (χ2n) is 1.30. The van der Waals surface area contributed by atoms with E-state index in [0.717, 1.165) is 0 Å². The van der Waals surface area contributed by atoms with Crippen molar-refractivity contribution in [2.45, 2.75) is 7.46 Å².